The van der Waals surface area contributed by atoms with Crippen molar-refractivity contribution >= 4 is 16.6 Å². The average molecular weight is 253 g/mol. The van der Waals surface area contributed by atoms with Gasteiger partial charge in [-0.3, -0.25) is 4.98 Å². The first-order valence-corrected chi connectivity index (χ1v) is 6.81. The zero-order valence-corrected chi connectivity index (χ0v) is 11.3. The highest BCUT2D eigenvalue weighted by Crippen LogP contribution is 2.27. The number of nitrogens with one attached hydrogen (secondary N) is 1. The van der Waals surface area contributed by atoms with Crippen molar-refractivity contribution in [3.8, 4) is 0 Å². The highest BCUT2D eigenvalue weighted by Gasteiger charge is 2.12. The molecule has 0 spiro atoms. The van der Waals surface area contributed by atoms with E-state index in [1.807, 2.05) is 7.05 Å². The number of hydrogen-bond acceptors (Lipinski definition) is 3. The van der Waals surface area contributed by atoms with Gasteiger partial charge in [0.1, 0.15) is 0 Å². The van der Waals surface area contributed by atoms with E-state index in [1.54, 1.807) is 0 Å². The van der Waals surface area contributed by atoms with Gasteiger partial charge >= 0.3 is 0 Å². The SMILES string of the molecule is CNCc1cc(N2CC=CCC2)c2ccccc2n1. The van der Waals surface area contributed by atoms with Gasteiger partial charge in [-0.1, -0.05) is 30.4 Å². The zero-order chi connectivity index (χ0) is 13.1. The first kappa shape index (κ1) is 12.2. The minimum atomic E-state index is 0.807. The molecule has 0 saturated carbocycles. The molecule has 0 bridgehead atoms. The normalized spacial score (nSPS) is 15.1. The van der Waals surface area contributed by atoms with Gasteiger partial charge in [-0.2, -0.15) is 0 Å². The maximum Gasteiger partial charge on any atom is 0.0726 e. The lowest BCUT2D eigenvalue weighted by molar-refractivity contribution is 0.788. The lowest BCUT2D eigenvalue weighted by atomic mass is 10.1. The van der Waals surface area contributed by atoms with Crippen molar-refractivity contribution in [2.45, 2.75) is 13.0 Å². The Kier molecular flexibility index (Phi) is 3.47. The van der Waals surface area contributed by atoms with Crippen LogP contribution in [0.25, 0.3) is 10.9 Å². The molecule has 2 aromatic rings. The number of nitrogens with zero attached hydrogens (tertiary/aromatic N) is 2. The number of rotatable bonds is 3. The summed E-state index contributed by atoms with van der Waals surface area (Å²) in [5, 5.41) is 4.43. The van der Waals surface area contributed by atoms with Crippen LogP contribution in [0.15, 0.2) is 42.5 Å². The smallest absolute Gasteiger partial charge is 0.0726 e. The molecular weight excluding hydrogens is 234 g/mol. The van der Waals surface area contributed by atoms with Gasteiger partial charge in [-0.05, 0) is 25.6 Å². The largest absolute Gasteiger partial charge is 0.367 e. The van der Waals surface area contributed by atoms with Crippen molar-refractivity contribution in [2.75, 3.05) is 25.0 Å². The van der Waals surface area contributed by atoms with Gasteiger partial charge in [0.05, 0.1) is 11.2 Å². The highest BCUT2D eigenvalue weighted by molar-refractivity contribution is 5.92. The lowest BCUT2D eigenvalue weighted by Crippen LogP contribution is -2.27. The molecule has 0 amide bonds. The van der Waals surface area contributed by atoms with Crippen LogP contribution in [-0.2, 0) is 6.54 Å². The second kappa shape index (κ2) is 5.41. The maximum atomic E-state index is 4.71. The molecule has 1 aromatic heterocycles. The average Bonchev–Trinajstić information content (AvgIpc) is 2.48. The van der Waals surface area contributed by atoms with Crippen LogP contribution in [0, 0.1) is 0 Å². The molecule has 19 heavy (non-hydrogen) atoms. The van der Waals surface area contributed by atoms with Crippen LogP contribution >= 0.6 is 0 Å². The molecule has 3 heteroatoms. The monoisotopic (exact) mass is 253 g/mol. The number of anilines is 1. The lowest BCUT2D eigenvalue weighted by Gasteiger charge is -2.27. The molecule has 0 unspecified atom stereocenters. The Labute approximate surface area is 114 Å². The Bertz CT molecular complexity index is 604. The minimum Gasteiger partial charge on any atom is -0.367 e. The van der Waals surface area contributed by atoms with Crippen molar-refractivity contribution < 1.29 is 0 Å². The van der Waals surface area contributed by atoms with Gasteiger partial charge in [0, 0.05) is 30.7 Å². The second-order valence-corrected chi connectivity index (χ2v) is 4.89. The molecule has 3 rings (SSSR count). The Hall–Kier alpha value is -1.87. The fourth-order valence-corrected chi connectivity index (χ4v) is 2.60. The molecule has 3 nitrogen and oxygen atoms in total. The summed E-state index contributed by atoms with van der Waals surface area (Å²) in [4.78, 5) is 7.15. The molecule has 1 aromatic carbocycles. The van der Waals surface area contributed by atoms with Crippen molar-refractivity contribution in [3.63, 3.8) is 0 Å². The van der Waals surface area contributed by atoms with Gasteiger partial charge in [0.2, 0.25) is 0 Å². The Balaban J connectivity index is 2.11. The maximum absolute atomic E-state index is 4.71. The van der Waals surface area contributed by atoms with Crippen LogP contribution in [0.5, 0.6) is 0 Å². The molecule has 2 heterocycles. The fraction of sp³-hybridized carbons (Fsp3) is 0.312. The summed E-state index contributed by atoms with van der Waals surface area (Å²) in [7, 11) is 1.96. The van der Waals surface area contributed by atoms with E-state index in [4.69, 9.17) is 4.98 Å². The first-order chi connectivity index (χ1) is 9.38. The van der Waals surface area contributed by atoms with Crippen LogP contribution in [0.3, 0.4) is 0 Å². The zero-order valence-electron chi connectivity index (χ0n) is 11.3. The van der Waals surface area contributed by atoms with Gasteiger partial charge in [0.25, 0.3) is 0 Å². The van der Waals surface area contributed by atoms with E-state index in [0.29, 0.717) is 0 Å². The summed E-state index contributed by atoms with van der Waals surface area (Å²) in [6, 6.07) is 10.6. The summed E-state index contributed by atoms with van der Waals surface area (Å²) in [6.07, 6.45) is 5.63. The van der Waals surface area contributed by atoms with Crippen molar-refractivity contribution in [3.05, 3.63) is 48.2 Å². The molecular formula is C16H19N3. The summed E-state index contributed by atoms with van der Waals surface area (Å²) >= 11 is 0. The Morgan fingerprint density at radius 3 is 2.95 bits per heavy atom. The molecule has 0 saturated heterocycles. The quantitative estimate of drug-likeness (QED) is 0.853. The molecule has 0 radical (unpaired) electrons. The van der Waals surface area contributed by atoms with E-state index >= 15 is 0 Å². The van der Waals surface area contributed by atoms with Gasteiger partial charge in [0.15, 0.2) is 0 Å². The standard InChI is InChI=1S/C16H19N3/c1-17-12-13-11-16(19-9-5-2-6-10-19)14-7-3-4-8-15(14)18-13/h2-5,7-8,11,17H,6,9-10,12H2,1H3. The summed E-state index contributed by atoms with van der Waals surface area (Å²) in [5.74, 6) is 0. The Morgan fingerprint density at radius 2 is 2.16 bits per heavy atom. The van der Waals surface area contributed by atoms with Crippen molar-refractivity contribution in [1.29, 1.82) is 0 Å². The van der Waals surface area contributed by atoms with E-state index in [0.717, 1.165) is 37.3 Å². The third kappa shape index (κ3) is 2.47. The molecule has 1 aliphatic heterocycles. The van der Waals surface area contributed by atoms with E-state index in [2.05, 4.69) is 52.7 Å². The van der Waals surface area contributed by atoms with E-state index in [9.17, 15) is 0 Å². The fourth-order valence-electron chi connectivity index (χ4n) is 2.60. The first-order valence-electron chi connectivity index (χ1n) is 6.81. The van der Waals surface area contributed by atoms with Gasteiger partial charge in [-0.25, -0.2) is 0 Å². The van der Waals surface area contributed by atoms with E-state index in [-0.39, 0.29) is 0 Å². The van der Waals surface area contributed by atoms with E-state index in [1.165, 1.54) is 11.1 Å². The van der Waals surface area contributed by atoms with Crippen LogP contribution in [0.4, 0.5) is 5.69 Å². The molecule has 0 fully saturated rings. The number of para-hydroxylation sites is 1. The number of hydrogen-bond donors (Lipinski definition) is 1. The van der Waals surface area contributed by atoms with Gasteiger partial charge in [-0.15, -0.1) is 0 Å². The summed E-state index contributed by atoms with van der Waals surface area (Å²) in [6.45, 7) is 2.89. The number of aromatic nitrogens is 1. The van der Waals surface area contributed by atoms with Crippen LogP contribution in [0.2, 0.25) is 0 Å². The molecule has 98 valence electrons. The predicted molar refractivity (Wildman–Crippen MR) is 80.5 cm³/mol. The third-order valence-corrected chi connectivity index (χ3v) is 3.50. The number of benzene rings is 1. The van der Waals surface area contributed by atoms with Crippen molar-refractivity contribution in [2.24, 2.45) is 0 Å². The van der Waals surface area contributed by atoms with Crippen LogP contribution in [0.1, 0.15) is 12.1 Å². The minimum absolute atomic E-state index is 0.807. The van der Waals surface area contributed by atoms with Crippen molar-refractivity contribution in [1.82, 2.24) is 10.3 Å². The predicted octanol–water partition coefficient (Wildman–Crippen LogP) is 2.72. The highest BCUT2D eigenvalue weighted by atomic mass is 15.1. The molecule has 0 atom stereocenters. The third-order valence-electron chi connectivity index (χ3n) is 3.50. The number of pyridine rings is 1. The topological polar surface area (TPSA) is 28.2 Å². The molecule has 0 aliphatic carbocycles. The van der Waals surface area contributed by atoms with E-state index < -0.39 is 0 Å². The van der Waals surface area contributed by atoms with Gasteiger partial charge < -0.3 is 10.2 Å². The molecule has 1 N–H and O–H groups in total. The number of fused-ring (bicyclic) bond motifs is 1. The van der Waals surface area contributed by atoms with Crippen LogP contribution in [-0.4, -0.2) is 25.1 Å². The van der Waals surface area contributed by atoms with Crippen LogP contribution < -0.4 is 10.2 Å². The summed E-state index contributed by atoms with van der Waals surface area (Å²) in [5.41, 5.74) is 3.49. The summed E-state index contributed by atoms with van der Waals surface area (Å²) < 4.78 is 0. The Morgan fingerprint density at radius 1 is 1.26 bits per heavy atom. The molecule has 1 aliphatic rings. The second-order valence-electron chi connectivity index (χ2n) is 4.89.